The summed E-state index contributed by atoms with van der Waals surface area (Å²) in [7, 11) is 1.42. The van der Waals surface area contributed by atoms with Gasteiger partial charge in [0.2, 0.25) is 5.91 Å². The van der Waals surface area contributed by atoms with Crippen LogP contribution in [0.25, 0.3) is 0 Å². The lowest BCUT2D eigenvalue weighted by molar-refractivity contribution is -0.125. The molecule has 0 spiro atoms. The Morgan fingerprint density at radius 3 is 2.56 bits per heavy atom. The van der Waals surface area contributed by atoms with Crippen LogP contribution < -0.4 is 26.2 Å². The summed E-state index contributed by atoms with van der Waals surface area (Å²) >= 11 is 6.95. The third-order valence-corrected chi connectivity index (χ3v) is 5.77. The molecule has 0 aliphatic carbocycles. The molecule has 2 heterocycles. The summed E-state index contributed by atoms with van der Waals surface area (Å²) in [6.45, 7) is 0.820. The molecule has 1 fully saturated rings. The minimum Gasteiger partial charge on any atom is -0.370 e. The molecule has 0 saturated carbocycles. The second kappa shape index (κ2) is 10.9. The molecule has 1 aromatic heterocycles. The van der Waals surface area contributed by atoms with Gasteiger partial charge in [-0.3, -0.25) is 14.4 Å². The van der Waals surface area contributed by atoms with Gasteiger partial charge in [0.15, 0.2) is 0 Å². The van der Waals surface area contributed by atoms with E-state index in [1.165, 1.54) is 7.05 Å². The summed E-state index contributed by atoms with van der Waals surface area (Å²) in [5.74, 6) is -1.06. The van der Waals surface area contributed by atoms with Crippen molar-refractivity contribution >= 4 is 58.1 Å². The zero-order chi connectivity index (χ0) is 23.1. The maximum Gasteiger partial charge on any atom is 0.315 e. The van der Waals surface area contributed by atoms with Gasteiger partial charge >= 0.3 is 6.03 Å². The molecule has 0 bridgehead atoms. The second-order valence-corrected chi connectivity index (χ2v) is 8.44. The van der Waals surface area contributed by atoms with Crippen molar-refractivity contribution in [2.45, 2.75) is 6.04 Å². The van der Waals surface area contributed by atoms with Crippen LogP contribution in [0.3, 0.4) is 0 Å². The lowest BCUT2D eigenvalue weighted by Crippen LogP contribution is -2.52. The molecule has 1 aliphatic rings. The Morgan fingerprint density at radius 2 is 1.94 bits per heavy atom. The van der Waals surface area contributed by atoms with Gasteiger partial charge in [-0.25, -0.2) is 4.79 Å². The number of hydrogen-bond acceptors (Lipinski definition) is 6. The smallest absolute Gasteiger partial charge is 0.315 e. The van der Waals surface area contributed by atoms with Gasteiger partial charge in [0.25, 0.3) is 11.8 Å². The lowest BCUT2D eigenvalue weighted by atomic mass is 10.2. The van der Waals surface area contributed by atoms with E-state index in [2.05, 4.69) is 21.3 Å². The minimum atomic E-state index is -1.03. The van der Waals surface area contributed by atoms with Gasteiger partial charge in [0, 0.05) is 31.5 Å². The monoisotopic (exact) mass is 479 g/mol. The van der Waals surface area contributed by atoms with Gasteiger partial charge in [0.05, 0.1) is 15.8 Å². The first kappa shape index (κ1) is 23.5. The molecule has 4 N–H and O–H groups in total. The second-order valence-electron chi connectivity index (χ2n) is 6.72. The van der Waals surface area contributed by atoms with E-state index in [9.17, 15) is 19.2 Å². The molecule has 170 valence electrons. The number of rotatable bonds is 7. The van der Waals surface area contributed by atoms with E-state index in [4.69, 9.17) is 16.3 Å². The van der Waals surface area contributed by atoms with Gasteiger partial charge in [-0.1, -0.05) is 11.6 Å². The largest absolute Gasteiger partial charge is 0.370 e. The van der Waals surface area contributed by atoms with Gasteiger partial charge in [-0.15, -0.1) is 11.3 Å². The molecule has 1 atom stereocenters. The molecule has 3 rings (SSSR count). The Morgan fingerprint density at radius 1 is 1.19 bits per heavy atom. The molecule has 1 aliphatic heterocycles. The van der Waals surface area contributed by atoms with Crippen molar-refractivity contribution < 1.29 is 23.9 Å². The van der Waals surface area contributed by atoms with E-state index in [1.54, 1.807) is 41.3 Å². The Kier molecular flexibility index (Phi) is 8.03. The first-order valence-corrected chi connectivity index (χ1v) is 10.9. The van der Waals surface area contributed by atoms with Crippen molar-refractivity contribution in [1.82, 2.24) is 16.0 Å². The highest BCUT2D eigenvalue weighted by atomic mass is 35.5. The lowest BCUT2D eigenvalue weighted by Gasteiger charge is -2.27. The van der Waals surface area contributed by atoms with E-state index < -0.39 is 23.9 Å². The van der Waals surface area contributed by atoms with Crippen LogP contribution >= 0.6 is 22.9 Å². The molecule has 12 heteroatoms. The summed E-state index contributed by atoms with van der Waals surface area (Å²) in [6.07, 6.45) is 0. The highest BCUT2D eigenvalue weighted by Gasteiger charge is 2.23. The molecule has 1 saturated heterocycles. The Hall–Kier alpha value is -3.15. The third kappa shape index (κ3) is 6.19. The number of thiophene rings is 1. The van der Waals surface area contributed by atoms with E-state index in [-0.39, 0.29) is 19.1 Å². The molecule has 0 unspecified atom stereocenters. The number of carbonyl (C=O) groups excluding carboxylic acids is 4. The minimum absolute atomic E-state index is 0.0364. The standard InChI is InChI=1S/C20H22ClN5O5S/c1-22-20(30)25-14(10-23-19(29)15-6-7-16(21)32-15)18(28)24-12-2-4-13(5-3-12)26-8-9-31-11-17(26)27/h2-7,14H,8-11H2,1H3,(H,23,29)(H,24,28)(H2,22,25,30)/t14-/m0/s1. The fourth-order valence-electron chi connectivity index (χ4n) is 2.90. The molecule has 10 nitrogen and oxygen atoms in total. The summed E-state index contributed by atoms with van der Waals surface area (Å²) in [4.78, 5) is 50.7. The topological polar surface area (TPSA) is 129 Å². The van der Waals surface area contributed by atoms with Gasteiger partial charge in [-0.05, 0) is 36.4 Å². The number of ether oxygens (including phenoxy) is 1. The Balaban J connectivity index is 1.63. The molecule has 1 aromatic carbocycles. The number of benzene rings is 1. The van der Waals surface area contributed by atoms with Gasteiger partial charge in [0.1, 0.15) is 12.6 Å². The summed E-state index contributed by atoms with van der Waals surface area (Å²) in [6, 6.07) is 8.30. The van der Waals surface area contributed by atoms with E-state index in [0.29, 0.717) is 33.7 Å². The van der Waals surface area contributed by atoms with E-state index in [1.807, 2.05) is 0 Å². The summed E-state index contributed by atoms with van der Waals surface area (Å²) in [5, 5.41) is 10.2. The quantitative estimate of drug-likeness (QED) is 0.477. The normalized spacial score (nSPS) is 14.4. The number of anilines is 2. The molecule has 5 amide bonds. The Bertz CT molecular complexity index is 997. The van der Waals surface area contributed by atoms with Crippen molar-refractivity contribution in [2.75, 3.05) is 43.6 Å². The van der Waals surface area contributed by atoms with Gasteiger partial charge in [-0.2, -0.15) is 0 Å². The zero-order valence-electron chi connectivity index (χ0n) is 17.1. The van der Waals surface area contributed by atoms with Gasteiger partial charge < -0.3 is 30.9 Å². The fourth-order valence-corrected chi connectivity index (χ4v) is 3.86. The van der Waals surface area contributed by atoms with Crippen LogP contribution in [0.1, 0.15) is 9.67 Å². The average Bonchev–Trinajstić information content (AvgIpc) is 3.23. The molecule has 2 aromatic rings. The summed E-state index contributed by atoms with van der Waals surface area (Å²) in [5.41, 5.74) is 1.16. The number of nitrogens with one attached hydrogen (secondary N) is 4. The first-order chi connectivity index (χ1) is 15.4. The number of amides is 5. The molecule has 0 radical (unpaired) electrons. The number of carbonyl (C=O) groups is 4. The maximum absolute atomic E-state index is 12.8. The Labute approximate surface area is 193 Å². The number of halogens is 1. The van der Waals surface area contributed by atoms with Crippen LogP contribution in [-0.2, 0) is 14.3 Å². The van der Waals surface area contributed by atoms with Crippen molar-refractivity contribution in [3.8, 4) is 0 Å². The number of hydrogen-bond donors (Lipinski definition) is 4. The predicted octanol–water partition coefficient (Wildman–Crippen LogP) is 1.43. The predicted molar refractivity (Wildman–Crippen MR) is 121 cm³/mol. The zero-order valence-corrected chi connectivity index (χ0v) is 18.7. The average molecular weight is 480 g/mol. The fraction of sp³-hybridized carbons (Fsp3) is 0.300. The van der Waals surface area contributed by atoms with E-state index >= 15 is 0 Å². The number of morpholine rings is 1. The van der Waals surface area contributed by atoms with Crippen LogP contribution in [0.2, 0.25) is 4.34 Å². The van der Waals surface area contributed by atoms with Crippen LogP contribution in [0, 0.1) is 0 Å². The van der Waals surface area contributed by atoms with Crippen molar-refractivity contribution in [1.29, 1.82) is 0 Å². The summed E-state index contributed by atoms with van der Waals surface area (Å²) < 4.78 is 5.59. The number of nitrogens with zero attached hydrogens (tertiary/aromatic N) is 1. The van der Waals surface area contributed by atoms with Crippen LogP contribution in [0.4, 0.5) is 16.2 Å². The number of urea groups is 1. The molecule has 32 heavy (non-hydrogen) atoms. The van der Waals surface area contributed by atoms with Crippen molar-refractivity contribution in [3.63, 3.8) is 0 Å². The third-order valence-electron chi connectivity index (χ3n) is 4.54. The van der Waals surface area contributed by atoms with Crippen molar-refractivity contribution in [2.24, 2.45) is 0 Å². The van der Waals surface area contributed by atoms with Crippen molar-refractivity contribution in [3.05, 3.63) is 45.6 Å². The SMILES string of the molecule is CNC(=O)N[C@@H](CNC(=O)c1ccc(Cl)s1)C(=O)Nc1ccc(N2CCOCC2=O)cc1. The van der Waals surface area contributed by atoms with Crippen LogP contribution in [0.15, 0.2) is 36.4 Å². The maximum atomic E-state index is 12.8. The highest BCUT2D eigenvalue weighted by molar-refractivity contribution is 7.18. The molecular weight excluding hydrogens is 458 g/mol. The van der Waals surface area contributed by atoms with Crippen LogP contribution in [0.5, 0.6) is 0 Å². The van der Waals surface area contributed by atoms with Crippen LogP contribution in [-0.4, -0.2) is 63.1 Å². The molecular formula is C20H22ClN5O5S. The first-order valence-electron chi connectivity index (χ1n) is 9.68. The van der Waals surface area contributed by atoms with E-state index in [0.717, 1.165) is 11.3 Å². The highest BCUT2D eigenvalue weighted by Crippen LogP contribution is 2.21.